The fourth-order valence-electron chi connectivity index (χ4n) is 2.43. The Hall–Kier alpha value is -2.95. The Labute approximate surface area is 111 Å². The van der Waals surface area contributed by atoms with Gasteiger partial charge in [0.2, 0.25) is 0 Å². The minimum atomic E-state index is -0.341. The first kappa shape index (κ1) is 10.9. The van der Waals surface area contributed by atoms with Gasteiger partial charge in [0, 0.05) is 23.6 Å². The molecule has 2 aliphatic rings. The Morgan fingerprint density at radius 3 is 2.70 bits per heavy atom. The number of aromatic hydroxyl groups is 2. The first-order valence-electron chi connectivity index (χ1n) is 5.93. The van der Waals surface area contributed by atoms with Crippen LogP contribution in [0, 0.1) is 0 Å². The van der Waals surface area contributed by atoms with Crippen molar-refractivity contribution in [2.45, 2.75) is 0 Å². The van der Waals surface area contributed by atoms with Crippen molar-refractivity contribution in [3.05, 3.63) is 46.8 Å². The molecule has 20 heavy (non-hydrogen) atoms. The molecule has 0 bridgehead atoms. The molecule has 0 saturated heterocycles. The fourth-order valence-corrected chi connectivity index (χ4v) is 2.43. The average Bonchev–Trinajstić information content (AvgIpc) is 2.74. The van der Waals surface area contributed by atoms with Crippen molar-refractivity contribution in [3.8, 4) is 22.8 Å². The van der Waals surface area contributed by atoms with Crippen LogP contribution in [0.5, 0.6) is 11.5 Å². The molecule has 5 heteroatoms. The van der Waals surface area contributed by atoms with Crippen molar-refractivity contribution in [3.63, 3.8) is 0 Å². The molecule has 2 heterocycles. The molecule has 4 rings (SSSR count). The molecule has 0 unspecified atom stereocenters. The second kappa shape index (κ2) is 3.54. The zero-order chi connectivity index (χ0) is 13.9. The Kier molecular flexibility index (Phi) is 1.93. The summed E-state index contributed by atoms with van der Waals surface area (Å²) in [5.41, 5.74) is 0.905. The van der Waals surface area contributed by atoms with Gasteiger partial charge in [-0.15, -0.1) is 0 Å². The van der Waals surface area contributed by atoms with Crippen molar-refractivity contribution >= 4 is 21.9 Å². The van der Waals surface area contributed by atoms with E-state index in [1.807, 2.05) is 0 Å². The third kappa shape index (κ3) is 1.34. The monoisotopic (exact) mass is 268 g/mol. The van der Waals surface area contributed by atoms with E-state index in [9.17, 15) is 15.0 Å². The van der Waals surface area contributed by atoms with E-state index in [1.165, 1.54) is 18.4 Å². The van der Waals surface area contributed by atoms with Crippen LogP contribution in [-0.2, 0) is 0 Å². The van der Waals surface area contributed by atoms with Gasteiger partial charge in [-0.05, 0) is 12.1 Å². The molecular weight excluding hydrogens is 260 g/mol. The molecule has 0 radical (unpaired) electrons. The molecule has 1 aliphatic carbocycles. The normalized spacial score (nSPS) is 11.6. The number of hydrogen-bond donors (Lipinski definition) is 2. The van der Waals surface area contributed by atoms with Crippen molar-refractivity contribution in [2.75, 3.05) is 0 Å². The SMILES string of the molecule is O=c1cc2occ3c(oc4cc(O)ccc43)c-2c(O)c1. The highest BCUT2D eigenvalue weighted by atomic mass is 16.4. The van der Waals surface area contributed by atoms with Crippen LogP contribution in [0.4, 0.5) is 0 Å². The van der Waals surface area contributed by atoms with Crippen molar-refractivity contribution < 1.29 is 19.0 Å². The van der Waals surface area contributed by atoms with Gasteiger partial charge in [-0.2, -0.15) is 0 Å². The Bertz CT molecular complexity index is 992. The van der Waals surface area contributed by atoms with Crippen LogP contribution < -0.4 is 5.43 Å². The number of rotatable bonds is 0. The molecule has 0 saturated carbocycles. The third-order valence-electron chi connectivity index (χ3n) is 3.30. The second-order valence-corrected chi connectivity index (χ2v) is 4.58. The van der Waals surface area contributed by atoms with Gasteiger partial charge in [0.15, 0.2) is 11.0 Å². The Morgan fingerprint density at radius 2 is 1.85 bits per heavy atom. The van der Waals surface area contributed by atoms with E-state index in [2.05, 4.69) is 0 Å². The molecule has 0 fully saturated rings. The molecule has 1 aromatic heterocycles. The van der Waals surface area contributed by atoms with Crippen molar-refractivity contribution in [1.29, 1.82) is 0 Å². The maximum Gasteiger partial charge on any atom is 0.186 e. The van der Waals surface area contributed by atoms with Gasteiger partial charge in [-0.25, -0.2) is 0 Å². The van der Waals surface area contributed by atoms with Gasteiger partial charge in [-0.3, -0.25) is 4.79 Å². The highest BCUT2D eigenvalue weighted by Crippen LogP contribution is 2.41. The topological polar surface area (TPSA) is 83.8 Å². The van der Waals surface area contributed by atoms with E-state index < -0.39 is 0 Å². The summed E-state index contributed by atoms with van der Waals surface area (Å²) in [6.45, 7) is 0. The van der Waals surface area contributed by atoms with E-state index in [4.69, 9.17) is 8.83 Å². The van der Waals surface area contributed by atoms with E-state index in [1.54, 1.807) is 12.1 Å². The number of benzene rings is 2. The molecule has 98 valence electrons. The fraction of sp³-hybridized carbons (Fsp3) is 0. The first-order chi connectivity index (χ1) is 9.63. The van der Waals surface area contributed by atoms with Gasteiger partial charge in [0.05, 0.1) is 5.39 Å². The zero-order valence-corrected chi connectivity index (χ0v) is 10.1. The lowest BCUT2D eigenvalue weighted by molar-refractivity contribution is 0.470. The predicted octanol–water partition coefficient (Wildman–Crippen LogP) is 3.06. The number of furan rings is 1. The number of phenols is 2. The van der Waals surface area contributed by atoms with Gasteiger partial charge in [-0.1, -0.05) is 0 Å². The lowest BCUT2D eigenvalue weighted by atomic mass is 10.1. The lowest BCUT2D eigenvalue weighted by Crippen LogP contribution is -1.98. The van der Waals surface area contributed by atoms with Crippen LogP contribution in [0.3, 0.4) is 0 Å². The number of phenolic OH excluding ortho intramolecular Hbond substituents is 2. The molecule has 0 spiro atoms. The van der Waals surface area contributed by atoms with E-state index in [-0.39, 0.29) is 22.7 Å². The number of hydrogen-bond acceptors (Lipinski definition) is 5. The standard InChI is InChI=1S/C15H8O5/c16-7-1-2-9-10-6-19-13-5-8(17)3-11(18)14(13)15(10)20-12(9)4-7/h1-6,16,18H. The van der Waals surface area contributed by atoms with Gasteiger partial charge >= 0.3 is 0 Å². The highest BCUT2D eigenvalue weighted by Gasteiger charge is 2.20. The number of fused-ring (bicyclic) bond motifs is 5. The summed E-state index contributed by atoms with van der Waals surface area (Å²) in [6, 6.07) is 7.14. The minimum absolute atomic E-state index is 0.0869. The predicted molar refractivity (Wildman–Crippen MR) is 72.2 cm³/mol. The summed E-state index contributed by atoms with van der Waals surface area (Å²) in [6.07, 6.45) is 1.47. The average molecular weight is 268 g/mol. The molecule has 1 aliphatic heterocycles. The highest BCUT2D eigenvalue weighted by molar-refractivity contribution is 6.09. The summed E-state index contributed by atoms with van der Waals surface area (Å²) in [7, 11) is 0. The van der Waals surface area contributed by atoms with E-state index in [0.717, 1.165) is 11.5 Å². The van der Waals surface area contributed by atoms with Crippen molar-refractivity contribution in [2.24, 2.45) is 0 Å². The van der Waals surface area contributed by atoms with Crippen LogP contribution in [0.15, 0.2) is 50.2 Å². The summed E-state index contributed by atoms with van der Waals surface area (Å²) in [5.74, 6) is 0.153. The van der Waals surface area contributed by atoms with Gasteiger partial charge in [0.25, 0.3) is 0 Å². The molecule has 1 aromatic carbocycles. The van der Waals surface area contributed by atoms with Crippen LogP contribution >= 0.6 is 0 Å². The first-order valence-corrected chi connectivity index (χ1v) is 5.93. The molecule has 5 nitrogen and oxygen atoms in total. The molecule has 2 aromatic rings. The van der Waals surface area contributed by atoms with Gasteiger partial charge in [0.1, 0.15) is 34.7 Å². The summed E-state index contributed by atoms with van der Waals surface area (Å²) in [5, 5.41) is 20.9. The molecular formula is C15H8O5. The van der Waals surface area contributed by atoms with Crippen LogP contribution in [-0.4, -0.2) is 10.2 Å². The van der Waals surface area contributed by atoms with Crippen LogP contribution in [0.2, 0.25) is 0 Å². The van der Waals surface area contributed by atoms with Gasteiger partial charge < -0.3 is 19.0 Å². The third-order valence-corrected chi connectivity index (χ3v) is 3.30. The van der Waals surface area contributed by atoms with Crippen LogP contribution in [0.1, 0.15) is 0 Å². The lowest BCUT2D eigenvalue weighted by Gasteiger charge is -2.05. The Morgan fingerprint density at radius 1 is 1.00 bits per heavy atom. The molecule has 0 atom stereocenters. The smallest absolute Gasteiger partial charge is 0.186 e. The van der Waals surface area contributed by atoms with Crippen LogP contribution in [0.25, 0.3) is 33.3 Å². The van der Waals surface area contributed by atoms with Crippen molar-refractivity contribution in [1.82, 2.24) is 0 Å². The minimum Gasteiger partial charge on any atom is -0.508 e. The molecule has 2 N–H and O–H groups in total. The largest absolute Gasteiger partial charge is 0.508 e. The van der Waals surface area contributed by atoms with E-state index in [0.29, 0.717) is 22.1 Å². The summed E-state index contributed by atoms with van der Waals surface area (Å²) >= 11 is 0. The maximum absolute atomic E-state index is 11.4. The maximum atomic E-state index is 11.4. The quantitative estimate of drug-likeness (QED) is 0.512. The van der Waals surface area contributed by atoms with E-state index >= 15 is 0 Å². The second-order valence-electron chi connectivity index (χ2n) is 4.58. The Balaban J connectivity index is 2.27. The summed E-state index contributed by atoms with van der Waals surface area (Å²) < 4.78 is 11.1. The summed E-state index contributed by atoms with van der Waals surface area (Å²) in [4.78, 5) is 11.4. The molecule has 0 amide bonds. The zero-order valence-electron chi connectivity index (χ0n) is 10.1.